The standard InChI is InChI=1S/C9H13NOS2/c1-2-8(11)4-3-6-12-9-10-5-7-13-9/h5,7H,2-4,6H2,1H3. The van der Waals surface area contributed by atoms with Gasteiger partial charge in [-0.2, -0.15) is 0 Å². The van der Waals surface area contributed by atoms with E-state index >= 15 is 0 Å². The van der Waals surface area contributed by atoms with Gasteiger partial charge in [0.05, 0.1) is 0 Å². The monoisotopic (exact) mass is 215 g/mol. The van der Waals surface area contributed by atoms with Crippen molar-refractivity contribution in [3.63, 3.8) is 0 Å². The molecule has 0 aromatic carbocycles. The van der Waals surface area contributed by atoms with Gasteiger partial charge in [0.15, 0.2) is 0 Å². The summed E-state index contributed by atoms with van der Waals surface area (Å²) in [5.41, 5.74) is 0. The normalized spacial score (nSPS) is 10.2. The summed E-state index contributed by atoms with van der Waals surface area (Å²) in [4.78, 5) is 15.1. The first-order chi connectivity index (χ1) is 6.33. The summed E-state index contributed by atoms with van der Waals surface area (Å²) in [5, 5.41) is 1.97. The van der Waals surface area contributed by atoms with Gasteiger partial charge < -0.3 is 0 Å². The molecule has 0 bridgehead atoms. The highest BCUT2D eigenvalue weighted by Crippen LogP contribution is 2.21. The fourth-order valence-electron chi connectivity index (χ4n) is 0.887. The second kappa shape index (κ2) is 6.16. The van der Waals surface area contributed by atoms with Crippen LogP contribution in [0.15, 0.2) is 15.9 Å². The molecule has 1 aromatic heterocycles. The molecule has 0 atom stereocenters. The van der Waals surface area contributed by atoms with Crippen molar-refractivity contribution in [2.75, 3.05) is 5.75 Å². The number of hydrogen-bond acceptors (Lipinski definition) is 4. The van der Waals surface area contributed by atoms with Gasteiger partial charge in [-0.25, -0.2) is 4.98 Å². The van der Waals surface area contributed by atoms with Crippen molar-refractivity contribution in [2.45, 2.75) is 30.5 Å². The minimum absolute atomic E-state index is 0.361. The SMILES string of the molecule is CCC(=O)CCCSc1nccs1. The summed E-state index contributed by atoms with van der Waals surface area (Å²) in [5.74, 6) is 1.36. The molecule has 0 radical (unpaired) electrons. The first-order valence-corrected chi connectivity index (χ1v) is 6.23. The maximum Gasteiger partial charge on any atom is 0.149 e. The first kappa shape index (κ1) is 10.7. The summed E-state index contributed by atoms with van der Waals surface area (Å²) < 4.78 is 1.10. The maximum absolute atomic E-state index is 11.0. The highest BCUT2D eigenvalue weighted by Gasteiger charge is 1.99. The van der Waals surface area contributed by atoms with E-state index in [0.29, 0.717) is 12.2 Å². The lowest BCUT2D eigenvalue weighted by Crippen LogP contribution is -1.95. The molecule has 0 fully saturated rings. The zero-order valence-corrected chi connectivity index (χ0v) is 9.29. The van der Waals surface area contributed by atoms with Gasteiger partial charge in [-0.3, -0.25) is 4.79 Å². The van der Waals surface area contributed by atoms with Crippen LogP contribution < -0.4 is 0 Å². The van der Waals surface area contributed by atoms with Crippen LogP contribution in [0.5, 0.6) is 0 Å². The molecule has 72 valence electrons. The average Bonchev–Trinajstić information content (AvgIpc) is 2.64. The third kappa shape index (κ3) is 4.43. The largest absolute Gasteiger partial charge is 0.300 e. The number of aromatic nitrogens is 1. The fourth-order valence-corrected chi connectivity index (χ4v) is 2.53. The van der Waals surface area contributed by atoms with Crippen LogP contribution >= 0.6 is 23.1 Å². The second-order valence-electron chi connectivity index (χ2n) is 2.64. The summed E-state index contributed by atoms with van der Waals surface area (Å²) >= 11 is 3.39. The molecule has 0 saturated carbocycles. The summed E-state index contributed by atoms with van der Waals surface area (Å²) in [6.07, 6.45) is 4.16. The average molecular weight is 215 g/mol. The highest BCUT2D eigenvalue weighted by molar-refractivity contribution is 8.00. The van der Waals surface area contributed by atoms with Crippen LogP contribution in [0.4, 0.5) is 0 Å². The Morgan fingerprint density at radius 2 is 2.54 bits per heavy atom. The molecule has 0 N–H and O–H groups in total. The number of thiazole rings is 1. The van der Waals surface area contributed by atoms with E-state index in [2.05, 4.69) is 4.98 Å². The predicted molar refractivity (Wildman–Crippen MR) is 57.4 cm³/mol. The minimum atomic E-state index is 0.361. The van der Waals surface area contributed by atoms with Gasteiger partial charge in [0, 0.05) is 30.2 Å². The van der Waals surface area contributed by atoms with Crippen LogP contribution in [0, 0.1) is 0 Å². The second-order valence-corrected chi connectivity index (χ2v) is 4.88. The molecule has 1 heterocycles. The van der Waals surface area contributed by atoms with Crippen molar-refractivity contribution >= 4 is 28.9 Å². The van der Waals surface area contributed by atoms with E-state index in [-0.39, 0.29) is 0 Å². The molecule has 0 aliphatic heterocycles. The van der Waals surface area contributed by atoms with Crippen molar-refractivity contribution in [1.82, 2.24) is 4.98 Å². The lowest BCUT2D eigenvalue weighted by Gasteiger charge is -1.96. The molecule has 0 spiro atoms. The molecule has 1 rings (SSSR count). The number of hydrogen-bond donors (Lipinski definition) is 0. The number of ketones is 1. The van der Waals surface area contributed by atoms with Gasteiger partial charge in [-0.15, -0.1) is 11.3 Å². The third-order valence-electron chi connectivity index (χ3n) is 1.63. The van der Waals surface area contributed by atoms with Gasteiger partial charge in [-0.1, -0.05) is 18.7 Å². The molecule has 13 heavy (non-hydrogen) atoms. The molecule has 0 aliphatic rings. The van der Waals surface area contributed by atoms with Gasteiger partial charge >= 0.3 is 0 Å². The molecule has 4 heteroatoms. The Balaban J connectivity index is 2.05. The lowest BCUT2D eigenvalue weighted by molar-refractivity contribution is -0.118. The molecule has 0 saturated heterocycles. The van der Waals surface area contributed by atoms with E-state index in [0.717, 1.165) is 22.9 Å². The van der Waals surface area contributed by atoms with E-state index in [1.165, 1.54) is 0 Å². The van der Waals surface area contributed by atoms with Crippen LogP contribution in [0.1, 0.15) is 26.2 Å². The van der Waals surface area contributed by atoms with Crippen LogP contribution in [-0.2, 0) is 4.79 Å². The quantitative estimate of drug-likeness (QED) is 0.540. The van der Waals surface area contributed by atoms with E-state index in [1.807, 2.05) is 18.5 Å². The molecule has 0 unspecified atom stereocenters. The highest BCUT2D eigenvalue weighted by atomic mass is 32.2. The number of rotatable bonds is 6. The third-order valence-corrected chi connectivity index (χ3v) is 3.68. The Bertz CT molecular complexity index is 246. The number of carbonyl (C=O) groups is 1. The van der Waals surface area contributed by atoms with Crippen LogP contribution in [0.3, 0.4) is 0 Å². The van der Waals surface area contributed by atoms with Crippen LogP contribution in [0.25, 0.3) is 0 Å². The Morgan fingerprint density at radius 3 is 3.15 bits per heavy atom. The van der Waals surface area contributed by atoms with Gasteiger partial charge in [-0.05, 0) is 6.42 Å². The van der Waals surface area contributed by atoms with Crippen molar-refractivity contribution in [3.05, 3.63) is 11.6 Å². The Morgan fingerprint density at radius 1 is 1.69 bits per heavy atom. The number of carbonyl (C=O) groups excluding carboxylic acids is 1. The first-order valence-electron chi connectivity index (χ1n) is 4.37. The van der Waals surface area contributed by atoms with E-state index in [9.17, 15) is 4.79 Å². The molecule has 0 amide bonds. The molecular weight excluding hydrogens is 202 g/mol. The van der Waals surface area contributed by atoms with E-state index < -0.39 is 0 Å². The van der Waals surface area contributed by atoms with Gasteiger partial charge in [0.1, 0.15) is 10.1 Å². The smallest absolute Gasteiger partial charge is 0.149 e. The fraction of sp³-hybridized carbons (Fsp3) is 0.556. The summed E-state index contributed by atoms with van der Waals surface area (Å²) in [6, 6.07) is 0. The number of nitrogens with zero attached hydrogens (tertiary/aromatic N) is 1. The van der Waals surface area contributed by atoms with Gasteiger partial charge in [0.25, 0.3) is 0 Å². The Hall–Kier alpha value is -0.350. The van der Waals surface area contributed by atoms with Crippen molar-refractivity contribution in [1.29, 1.82) is 0 Å². The van der Waals surface area contributed by atoms with Crippen molar-refractivity contribution in [3.8, 4) is 0 Å². The zero-order valence-electron chi connectivity index (χ0n) is 7.66. The minimum Gasteiger partial charge on any atom is -0.300 e. The lowest BCUT2D eigenvalue weighted by atomic mass is 10.2. The molecule has 2 nitrogen and oxygen atoms in total. The molecule has 1 aromatic rings. The zero-order chi connectivity index (χ0) is 9.52. The topological polar surface area (TPSA) is 30.0 Å². The van der Waals surface area contributed by atoms with Crippen LogP contribution in [-0.4, -0.2) is 16.5 Å². The number of Topliss-reactive ketones (excluding diaryl/α,β-unsaturated/α-hetero) is 1. The van der Waals surface area contributed by atoms with E-state index in [1.54, 1.807) is 23.1 Å². The molecule has 0 aliphatic carbocycles. The Labute approximate surface area is 86.8 Å². The maximum atomic E-state index is 11.0. The Kier molecular flexibility index (Phi) is 5.08. The summed E-state index contributed by atoms with van der Waals surface area (Å²) in [7, 11) is 0. The van der Waals surface area contributed by atoms with Crippen molar-refractivity contribution < 1.29 is 4.79 Å². The number of thioether (sulfide) groups is 1. The summed E-state index contributed by atoms with van der Waals surface area (Å²) in [6.45, 7) is 1.91. The molecular formula is C9H13NOS2. The predicted octanol–water partition coefficient (Wildman–Crippen LogP) is 2.99. The van der Waals surface area contributed by atoms with Crippen LogP contribution in [0.2, 0.25) is 0 Å². The van der Waals surface area contributed by atoms with Crippen molar-refractivity contribution in [2.24, 2.45) is 0 Å². The van der Waals surface area contributed by atoms with Gasteiger partial charge in [0.2, 0.25) is 0 Å². The van der Waals surface area contributed by atoms with E-state index in [4.69, 9.17) is 0 Å².